The molecule has 0 bridgehead atoms. The Morgan fingerprint density at radius 2 is 2.12 bits per heavy atom. The molecule has 4 rings (SSSR count). The highest BCUT2D eigenvalue weighted by atomic mass is 19.3. The Morgan fingerprint density at radius 1 is 1.33 bits per heavy atom. The second-order valence-corrected chi connectivity index (χ2v) is 8.13. The number of esters is 1. The molecule has 1 aliphatic rings. The number of ether oxygens (including phenoxy) is 2. The summed E-state index contributed by atoms with van der Waals surface area (Å²) in [5, 5.41) is 7.89. The van der Waals surface area contributed by atoms with Gasteiger partial charge < -0.3 is 9.47 Å². The van der Waals surface area contributed by atoms with Crippen LogP contribution in [0.1, 0.15) is 35.2 Å². The summed E-state index contributed by atoms with van der Waals surface area (Å²) in [6, 6.07) is 5.69. The third kappa shape index (κ3) is 4.59. The fourth-order valence-electron chi connectivity index (χ4n) is 4.45. The highest BCUT2D eigenvalue weighted by Gasteiger charge is 2.38. The zero-order valence-electron chi connectivity index (χ0n) is 18.5. The molecule has 1 N–H and O–H groups in total. The summed E-state index contributed by atoms with van der Waals surface area (Å²) in [6.07, 6.45) is 4.80. The number of aromatic amines is 1. The topological polar surface area (TPSA) is 67.5 Å². The standard InChI is InChI=1S/C24H24F3N3O3/c1-24(26,27)13-30-9-8-15-16(5-6-19-17(15)12-28-29-19)23(30)22-18(25)10-14(11-20(22)32-2)4-7-21(31)33-3/h4-7,10-12,23H,8-9,13H2,1-3H3,(H,28,29)/b7-4+. The molecular weight excluding hydrogens is 435 g/mol. The second kappa shape index (κ2) is 8.90. The molecule has 6 nitrogen and oxygen atoms in total. The number of carbonyl (C=O) groups is 1. The molecule has 0 saturated carbocycles. The van der Waals surface area contributed by atoms with Crippen molar-refractivity contribution in [2.24, 2.45) is 0 Å². The Morgan fingerprint density at radius 3 is 2.82 bits per heavy atom. The summed E-state index contributed by atoms with van der Waals surface area (Å²) in [6.45, 7) is 0.637. The summed E-state index contributed by atoms with van der Waals surface area (Å²) in [5.41, 5.74) is 3.05. The molecule has 0 aliphatic carbocycles. The van der Waals surface area contributed by atoms with E-state index in [0.29, 0.717) is 18.5 Å². The smallest absolute Gasteiger partial charge is 0.330 e. The van der Waals surface area contributed by atoms with E-state index < -0.39 is 30.3 Å². The molecule has 0 amide bonds. The lowest BCUT2D eigenvalue weighted by Gasteiger charge is -2.39. The second-order valence-electron chi connectivity index (χ2n) is 8.13. The first-order valence-corrected chi connectivity index (χ1v) is 10.4. The van der Waals surface area contributed by atoms with Crippen LogP contribution in [0.3, 0.4) is 0 Å². The van der Waals surface area contributed by atoms with Crippen molar-refractivity contribution in [3.8, 4) is 5.75 Å². The lowest BCUT2D eigenvalue weighted by molar-refractivity contribution is -0.134. The van der Waals surface area contributed by atoms with Gasteiger partial charge in [-0.3, -0.25) is 10.00 Å². The van der Waals surface area contributed by atoms with Gasteiger partial charge in [-0.15, -0.1) is 0 Å². The Labute approximate surface area is 189 Å². The minimum Gasteiger partial charge on any atom is -0.496 e. The van der Waals surface area contributed by atoms with Gasteiger partial charge >= 0.3 is 5.97 Å². The fourth-order valence-corrected chi connectivity index (χ4v) is 4.45. The number of methoxy groups -OCH3 is 2. The van der Waals surface area contributed by atoms with Crippen LogP contribution in [0.15, 0.2) is 36.5 Å². The molecule has 0 fully saturated rings. The number of nitrogens with zero attached hydrogens (tertiary/aromatic N) is 2. The average Bonchev–Trinajstić information content (AvgIpc) is 3.25. The van der Waals surface area contributed by atoms with E-state index in [9.17, 15) is 13.6 Å². The number of benzene rings is 2. The van der Waals surface area contributed by atoms with Crippen LogP contribution >= 0.6 is 0 Å². The summed E-state index contributed by atoms with van der Waals surface area (Å²) < 4.78 is 53.8. The van der Waals surface area contributed by atoms with Crippen LogP contribution in [0, 0.1) is 5.82 Å². The summed E-state index contributed by atoms with van der Waals surface area (Å²) in [7, 11) is 2.64. The number of nitrogens with one attached hydrogen (secondary N) is 1. The first-order valence-electron chi connectivity index (χ1n) is 10.4. The monoisotopic (exact) mass is 459 g/mol. The SMILES string of the molecule is COC(=O)/C=C/c1cc(F)c(C2c3ccc4[nH]ncc4c3CCN2CC(C)(F)F)c(OC)c1. The van der Waals surface area contributed by atoms with Crippen molar-refractivity contribution >= 4 is 22.9 Å². The molecule has 0 spiro atoms. The lowest BCUT2D eigenvalue weighted by Crippen LogP contribution is -2.42. The fraction of sp³-hybridized carbons (Fsp3) is 0.333. The largest absolute Gasteiger partial charge is 0.496 e. The van der Waals surface area contributed by atoms with Crippen molar-refractivity contribution in [2.75, 3.05) is 27.3 Å². The molecule has 0 saturated heterocycles. The predicted octanol–water partition coefficient (Wildman–Crippen LogP) is 4.50. The summed E-state index contributed by atoms with van der Waals surface area (Å²) in [5.74, 6) is -3.97. The number of H-pyrrole nitrogens is 1. The van der Waals surface area contributed by atoms with Gasteiger partial charge in [0.25, 0.3) is 5.92 Å². The molecule has 1 unspecified atom stereocenters. The minimum atomic E-state index is -2.97. The van der Waals surface area contributed by atoms with Crippen molar-refractivity contribution in [3.05, 3.63) is 64.6 Å². The van der Waals surface area contributed by atoms with E-state index in [4.69, 9.17) is 4.74 Å². The Kier molecular flexibility index (Phi) is 6.16. The maximum Gasteiger partial charge on any atom is 0.330 e. The van der Waals surface area contributed by atoms with Gasteiger partial charge in [0, 0.05) is 24.9 Å². The number of aromatic nitrogens is 2. The van der Waals surface area contributed by atoms with E-state index in [0.717, 1.165) is 29.0 Å². The summed E-state index contributed by atoms with van der Waals surface area (Å²) >= 11 is 0. The first-order chi connectivity index (χ1) is 15.7. The van der Waals surface area contributed by atoms with Gasteiger partial charge in [-0.25, -0.2) is 18.0 Å². The van der Waals surface area contributed by atoms with E-state index >= 15 is 4.39 Å². The molecule has 2 aromatic carbocycles. The summed E-state index contributed by atoms with van der Waals surface area (Å²) in [4.78, 5) is 13.0. The zero-order chi connectivity index (χ0) is 23.8. The molecule has 33 heavy (non-hydrogen) atoms. The molecular formula is C24H24F3N3O3. The number of alkyl halides is 2. The predicted molar refractivity (Wildman–Crippen MR) is 118 cm³/mol. The molecule has 1 aliphatic heterocycles. The van der Waals surface area contributed by atoms with Crippen molar-refractivity contribution in [1.82, 2.24) is 15.1 Å². The van der Waals surface area contributed by atoms with Gasteiger partial charge in [-0.1, -0.05) is 6.07 Å². The Bertz CT molecular complexity index is 1220. The van der Waals surface area contributed by atoms with E-state index in [1.807, 2.05) is 12.1 Å². The molecule has 2 heterocycles. The van der Waals surface area contributed by atoms with Crippen molar-refractivity contribution in [1.29, 1.82) is 0 Å². The van der Waals surface area contributed by atoms with E-state index in [1.165, 1.54) is 32.4 Å². The molecule has 1 aromatic heterocycles. The van der Waals surface area contributed by atoms with Crippen LogP contribution in [-0.4, -0.2) is 54.3 Å². The number of fused-ring (bicyclic) bond motifs is 3. The van der Waals surface area contributed by atoms with Crippen LogP contribution in [0.25, 0.3) is 17.0 Å². The van der Waals surface area contributed by atoms with Gasteiger partial charge in [-0.05, 0) is 47.4 Å². The number of hydrogen-bond donors (Lipinski definition) is 1. The van der Waals surface area contributed by atoms with Crippen molar-refractivity contribution in [3.63, 3.8) is 0 Å². The van der Waals surface area contributed by atoms with Crippen LogP contribution in [0.5, 0.6) is 5.75 Å². The van der Waals surface area contributed by atoms with Gasteiger partial charge in [0.1, 0.15) is 11.6 Å². The van der Waals surface area contributed by atoms with Crippen LogP contribution in [0.4, 0.5) is 13.2 Å². The molecule has 9 heteroatoms. The molecule has 0 radical (unpaired) electrons. The molecule has 174 valence electrons. The van der Waals surface area contributed by atoms with Gasteiger partial charge in [-0.2, -0.15) is 5.10 Å². The maximum absolute atomic E-state index is 15.6. The highest BCUT2D eigenvalue weighted by molar-refractivity contribution is 5.87. The normalized spacial score (nSPS) is 16.8. The van der Waals surface area contributed by atoms with Crippen LogP contribution in [-0.2, 0) is 16.0 Å². The first kappa shape index (κ1) is 22.8. The molecule has 3 aromatic rings. The zero-order valence-corrected chi connectivity index (χ0v) is 18.5. The maximum atomic E-state index is 15.6. The Balaban J connectivity index is 1.88. The third-order valence-corrected chi connectivity index (χ3v) is 5.78. The average molecular weight is 459 g/mol. The van der Waals surface area contributed by atoms with Crippen LogP contribution < -0.4 is 4.74 Å². The Hall–Kier alpha value is -3.33. The van der Waals surface area contributed by atoms with E-state index in [1.54, 1.807) is 17.2 Å². The number of halogens is 3. The highest BCUT2D eigenvalue weighted by Crippen LogP contribution is 2.43. The van der Waals surface area contributed by atoms with Crippen molar-refractivity contribution < 1.29 is 27.4 Å². The quantitative estimate of drug-likeness (QED) is 0.434. The van der Waals surface area contributed by atoms with Gasteiger partial charge in [0.2, 0.25) is 0 Å². The van der Waals surface area contributed by atoms with Gasteiger partial charge in [0.15, 0.2) is 0 Å². The number of hydrogen-bond acceptors (Lipinski definition) is 5. The van der Waals surface area contributed by atoms with E-state index in [2.05, 4.69) is 14.9 Å². The molecule has 1 atom stereocenters. The number of rotatable bonds is 6. The third-order valence-electron chi connectivity index (χ3n) is 5.78. The minimum absolute atomic E-state index is 0.167. The van der Waals surface area contributed by atoms with Gasteiger partial charge in [0.05, 0.1) is 44.1 Å². The van der Waals surface area contributed by atoms with E-state index in [-0.39, 0.29) is 11.3 Å². The number of carbonyl (C=O) groups excluding carboxylic acids is 1. The van der Waals surface area contributed by atoms with Crippen LogP contribution in [0.2, 0.25) is 0 Å². The lowest BCUT2D eigenvalue weighted by atomic mass is 9.85. The van der Waals surface area contributed by atoms with Crippen molar-refractivity contribution in [2.45, 2.75) is 25.3 Å².